The molecule has 154 valence electrons. The lowest BCUT2D eigenvalue weighted by Gasteiger charge is -2.21. The Kier molecular flexibility index (Phi) is 7.82. The van der Waals surface area contributed by atoms with E-state index in [2.05, 4.69) is 10.6 Å². The number of carboxylic acid groups (broad SMARTS) is 1. The number of hydrogen-bond donors (Lipinski definition) is 3. The Morgan fingerprint density at radius 2 is 1.62 bits per heavy atom. The van der Waals surface area contributed by atoms with Crippen LogP contribution in [0.1, 0.15) is 36.9 Å². The molecule has 0 saturated carbocycles. The molecule has 29 heavy (non-hydrogen) atoms. The second kappa shape index (κ2) is 10.3. The molecule has 0 saturated heterocycles. The van der Waals surface area contributed by atoms with Crippen LogP contribution in [0.5, 0.6) is 0 Å². The van der Waals surface area contributed by atoms with Crippen molar-refractivity contribution in [2.45, 2.75) is 38.3 Å². The first-order valence-corrected chi connectivity index (χ1v) is 9.12. The Hall–Kier alpha value is -3.29. The maximum atomic E-state index is 13.3. The first kappa shape index (κ1) is 22.0. The predicted molar refractivity (Wildman–Crippen MR) is 102 cm³/mol. The van der Waals surface area contributed by atoms with Gasteiger partial charge in [0.05, 0.1) is 6.42 Å². The van der Waals surface area contributed by atoms with Crippen LogP contribution in [0.15, 0.2) is 48.5 Å². The molecular weight excluding hydrogens is 382 g/mol. The van der Waals surface area contributed by atoms with Gasteiger partial charge >= 0.3 is 5.97 Å². The molecule has 0 spiro atoms. The van der Waals surface area contributed by atoms with Gasteiger partial charge in [-0.2, -0.15) is 0 Å². The van der Waals surface area contributed by atoms with Crippen molar-refractivity contribution in [1.82, 2.24) is 10.6 Å². The lowest BCUT2D eigenvalue weighted by Crippen LogP contribution is -2.49. The highest BCUT2D eigenvalue weighted by atomic mass is 19.1. The molecule has 0 aliphatic carbocycles. The summed E-state index contributed by atoms with van der Waals surface area (Å²) in [7, 11) is 0. The van der Waals surface area contributed by atoms with Crippen LogP contribution in [0.4, 0.5) is 8.78 Å². The third-order valence-electron chi connectivity index (χ3n) is 4.18. The second-order valence-electron chi connectivity index (χ2n) is 6.55. The Morgan fingerprint density at radius 1 is 1.00 bits per heavy atom. The standard InChI is InChI=1S/C21H22F2N2O4/c1-2-6-17(24-18(26)11-13-9-15(22)12-16(23)10-13)20(27)25-19(21(28)29)14-7-4-3-5-8-14/h3-5,7-10,12,17,19H,2,6,11H2,1H3,(H,24,26)(H,25,27)(H,28,29)/t17-,19-/m0/s1. The molecule has 2 amide bonds. The molecule has 0 radical (unpaired) electrons. The van der Waals surface area contributed by atoms with Crippen LogP contribution in [0.3, 0.4) is 0 Å². The van der Waals surface area contributed by atoms with Gasteiger partial charge in [0.2, 0.25) is 11.8 Å². The largest absolute Gasteiger partial charge is 0.479 e. The van der Waals surface area contributed by atoms with Crippen molar-refractivity contribution < 1.29 is 28.3 Å². The van der Waals surface area contributed by atoms with Crippen molar-refractivity contribution in [3.63, 3.8) is 0 Å². The van der Waals surface area contributed by atoms with Gasteiger partial charge in [-0.15, -0.1) is 0 Å². The summed E-state index contributed by atoms with van der Waals surface area (Å²) in [6.07, 6.45) is 0.509. The Labute approximate surface area is 166 Å². The minimum Gasteiger partial charge on any atom is -0.479 e. The summed E-state index contributed by atoms with van der Waals surface area (Å²) in [5, 5.41) is 14.4. The summed E-state index contributed by atoms with van der Waals surface area (Å²) in [5.74, 6) is -4.09. The van der Waals surface area contributed by atoms with Crippen LogP contribution in [-0.2, 0) is 20.8 Å². The number of aliphatic carboxylic acids is 1. The fourth-order valence-electron chi connectivity index (χ4n) is 2.88. The van der Waals surface area contributed by atoms with Gasteiger partial charge < -0.3 is 15.7 Å². The molecule has 0 aromatic heterocycles. The van der Waals surface area contributed by atoms with E-state index < -0.39 is 41.5 Å². The van der Waals surface area contributed by atoms with E-state index in [4.69, 9.17) is 0 Å². The summed E-state index contributed by atoms with van der Waals surface area (Å²) in [6.45, 7) is 1.81. The van der Waals surface area contributed by atoms with E-state index in [0.29, 0.717) is 18.1 Å². The highest BCUT2D eigenvalue weighted by Gasteiger charge is 2.27. The van der Waals surface area contributed by atoms with Crippen LogP contribution in [0.25, 0.3) is 0 Å². The molecule has 0 bridgehead atoms. The van der Waals surface area contributed by atoms with E-state index in [1.54, 1.807) is 37.3 Å². The minimum absolute atomic E-state index is 0.128. The minimum atomic E-state index is -1.27. The first-order chi connectivity index (χ1) is 13.8. The second-order valence-corrected chi connectivity index (χ2v) is 6.55. The molecule has 0 heterocycles. The number of carbonyl (C=O) groups excluding carboxylic acids is 2. The molecule has 0 unspecified atom stereocenters. The summed E-state index contributed by atoms with van der Waals surface area (Å²) in [5.41, 5.74) is 0.522. The van der Waals surface area contributed by atoms with Crippen molar-refractivity contribution in [2.75, 3.05) is 0 Å². The van der Waals surface area contributed by atoms with Crippen LogP contribution >= 0.6 is 0 Å². The van der Waals surface area contributed by atoms with E-state index in [-0.39, 0.29) is 18.4 Å². The number of halogens is 2. The molecule has 6 nitrogen and oxygen atoms in total. The Morgan fingerprint density at radius 3 is 2.17 bits per heavy atom. The molecule has 2 aromatic rings. The van der Waals surface area contributed by atoms with Crippen molar-refractivity contribution >= 4 is 17.8 Å². The third-order valence-corrected chi connectivity index (χ3v) is 4.18. The van der Waals surface area contributed by atoms with Crippen LogP contribution in [0, 0.1) is 11.6 Å². The van der Waals surface area contributed by atoms with Gasteiger partial charge in [-0.3, -0.25) is 9.59 Å². The van der Waals surface area contributed by atoms with Gasteiger partial charge in [0.15, 0.2) is 6.04 Å². The van der Waals surface area contributed by atoms with Crippen molar-refractivity contribution in [1.29, 1.82) is 0 Å². The normalized spacial score (nSPS) is 12.7. The van der Waals surface area contributed by atoms with Gasteiger partial charge in [0.1, 0.15) is 17.7 Å². The number of nitrogens with one attached hydrogen (secondary N) is 2. The van der Waals surface area contributed by atoms with Crippen LogP contribution < -0.4 is 10.6 Å². The summed E-state index contributed by atoms with van der Waals surface area (Å²) < 4.78 is 26.6. The topological polar surface area (TPSA) is 95.5 Å². The molecular formula is C21H22F2N2O4. The molecule has 3 N–H and O–H groups in total. The van der Waals surface area contributed by atoms with Gasteiger partial charge in [0.25, 0.3) is 0 Å². The van der Waals surface area contributed by atoms with E-state index in [9.17, 15) is 28.3 Å². The zero-order chi connectivity index (χ0) is 21.4. The van der Waals surface area contributed by atoms with E-state index in [1.807, 2.05) is 0 Å². The van der Waals surface area contributed by atoms with Crippen molar-refractivity contribution in [2.24, 2.45) is 0 Å². The number of rotatable bonds is 9. The highest BCUT2D eigenvalue weighted by Crippen LogP contribution is 2.14. The number of amides is 2. The van der Waals surface area contributed by atoms with Crippen molar-refractivity contribution in [3.05, 3.63) is 71.3 Å². The first-order valence-electron chi connectivity index (χ1n) is 9.12. The quantitative estimate of drug-likeness (QED) is 0.599. The Balaban J connectivity index is 2.07. The molecule has 2 aromatic carbocycles. The van der Waals surface area contributed by atoms with Crippen LogP contribution in [0.2, 0.25) is 0 Å². The third kappa shape index (κ3) is 6.67. The monoisotopic (exact) mass is 404 g/mol. The number of hydrogen-bond acceptors (Lipinski definition) is 3. The maximum Gasteiger partial charge on any atom is 0.330 e. The molecule has 2 rings (SSSR count). The van der Waals surface area contributed by atoms with Crippen molar-refractivity contribution in [3.8, 4) is 0 Å². The van der Waals surface area contributed by atoms with Gasteiger partial charge in [-0.1, -0.05) is 43.7 Å². The SMILES string of the molecule is CCC[C@H](NC(=O)Cc1cc(F)cc(F)c1)C(=O)N[C@H](C(=O)O)c1ccccc1. The zero-order valence-corrected chi connectivity index (χ0v) is 15.8. The lowest BCUT2D eigenvalue weighted by atomic mass is 10.1. The molecule has 8 heteroatoms. The number of benzene rings is 2. The van der Waals surface area contributed by atoms with E-state index in [0.717, 1.165) is 12.1 Å². The predicted octanol–water partition coefficient (Wildman–Crippen LogP) is 2.73. The average Bonchev–Trinajstić information content (AvgIpc) is 2.65. The lowest BCUT2D eigenvalue weighted by molar-refractivity contribution is -0.142. The number of carboxylic acids is 1. The summed E-state index contributed by atoms with van der Waals surface area (Å²) in [4.78, 5) is 36.4. The van der Waals surface area contributed by atoms with E-state index >= 15 is 0 Å². The fraction of sp³-hybridized carbons (Fsp3) is 0.286. The molecule has 0 fully saturated rings. The Bertz CT molecular complexity index is 854. The van der Waals surface area contributed by atoms with Gasteiger partial charge in [0, 0.05) is 6.07 Å². The van der Waals surface area contributed by atoms with Gasteiger partial charge in [-0.05, 0) is 29.7 Å². The fourth-order valence-corrected chi connectivity index (χ4v) is 2.88. The van der Waals surface area contributed by atoms with Gasteiger partial charge in [-0.25, -0.2) is 13.6 Å². The smallest absolute Gasteiger partial charge is 0.330 e. The van der Waals surface area contributed by atoms with E-state index in [1.165, 1.54) is 0 Å². The maximum absolute atomic E-state index is 13.3. The zero-order valence-electron chi connectivity index (χ0n) is 15.8. The molecule has 0 aliphatic heterocycles. The highest BCUT2D eigenvalue weighted by molar-refractivity contribution is 5.91. The van der Waals surface area contributed by atoms with Crippen LogP contribution in [-0.4, -0.2) is 28.9 Å². The molecule has 2 atom stereocenters. The summed E-state index contributed by atoms with van der Waals surface area (Å²) >= 11 is 0. The summed E-state index contributed by atoms with van der Waals surface area (Å²) in [6, 6.07) is 8.70. The average molecular weight is 404 g/mol. The number of carbonyl (C=O) groups is 3. The molecule has 0 aliphatic rings.